The van der Waals surface area contributed by atoms with Crippen LogP contribution in [-0.2, 0) is 4.79 Å². The van der Waals surface area contributed by atoms with E-state index in [0.717, 1.165) is 37.6 Å². The number of anilines is 2. The van der Waals surface area contributed by atoms with E-state index >= 15 is 0 Å². The molecule has 1 aliphatic rings. The molecule has 0 atom stereocenters. The highest BCUT2D eigenvalue weighted by molar-refractivity contribution is 5.92. The zero-order chi connectivity index (χ0) is 19.5. The van der Waals surface area contributed by atoms with Gasteiger partial charge in [0, 0.05) is 49.9 Å². The summed E-state index contributed by atoms with van der Waals surface area (Å²) in [7, 11) is 2.15. The minimum atomic E-state index is -0.197. The van der Waals surface area contributed by atoms with E-state index in [9.17, 15) is 4.79 Å². The van der Waals surface area contributed by atoms with Crippen molar-refractivity contribution in [2.45, 2.75) is 6.92 Å². The van der Waals surface area contributed by atoms with Gasteiger partial charge >= 0.3 is 0 Å². The van der Waals surface area contributed by atoms with E-state index in [1.54, 1.807) is 0 Å². The molecule has 7 heteroatoms. The Balaban J connectivity index is 1.33. The van der Waals surface area contributed by atoms with Crippen LogP contribution in [0.2, 0.25) is 0 Å². The van der Waals surface area contributed by atoms with Crippen molar-refractivity contribution in [3.63, 3.8) is 0 Å². The molecule has 1 aromatic carbocycles. The van der Waals surface area contributed by atoms with Crippen molar-refractivity contribution in [3.8, 4) is 5.75 Å². The molecule has 0 bridgehead atoms. The van der Waals surface area contributed by atoms with Crippen LogP contribution in [0.25, 0.3) is 5.65 Å². The number of fused-ring (bicyclic) bond motifs is 1. The lowest BCUT2D eigenvalue weighted by Gasteiger charge is -2.34. The summed E-state index contributed by atoms with van der Waals surface area (Å²) in [5.74, 6) is 0.397. The minimum absolute atomic E-state index is 0.0637. The predicted octanol–water partition coefficient (Wildman–Crippen LogP) is 2.41. The first-order valence-electron chi connectivity index (χ1n) is 9.49. The molecule has 28 heavy (non-hydrogen) atoms. The second-order valence-electron chi connectivity index (χ2n) is 7.16. The summed E-state index contributed by atoms with van der Waals surface area (Å²) in [6.45, 7) is 6.04. The molecule has 1 aliphatic heterocycles. The molecule has 3 aromatic rings. The van der Waals surface area contributed by atoms with Gasteiger partial charge in [-0.2, -0.15) is 0 Å². The number of amides is 1. The normalized spacial score (nSPS) is 15.0. The third-order valence-corrected chi connectivity index (χ3v) is 4.95. The highest BCUT2D eigenvalue weighted by Gasteiger charge is 2.14. The van der Waals surface area contributed by atoms with E-state index in [0.29, 0.717) is 11.4 Å². The SMILES string of the molecule is Cc1cn2cccc(OCC(=O)Nc3ccc(N4CCN(C)CC4)cc3)c2n1. The van der Waals surface area contributed by atoms with Gasteiger partial charge in [-0.25, -0.2) is 4.98 Å². The Labute approximate surface area is 164 Å². The van der Waals surface area contributed by atoms with E-state index in [4.69, 9.17) is 4.74 Å². The second kappa shape index (κ2) is 7.90. The molecule has 3 heterocycles. The molecule has 1 amide bonds. The van der Waals surface area contributed by atoms with Crippen molar-refractivity contribution in [2.75, 3.05) is 50.1 Å². The Hall–Kier alpha value is -3.06. The number of hydrogen-bond acceptors (Lipinski definition) is 5. The van der Waals surface area contributed by atoms with E-state index in [2.05, 4.69) is 39.3 Å². The number of piperazine rings is 1. The molecule has 0 unspecified atom stereocenters. The number of aromatic nitrogens is 2. The first-order valence-corrected chi connectivity index (χ1v) is 9.49. The summed E-state index contributed by atoms with van der Waals surface area (Å²) in [5.41, 5.74) is 3.57. The molecule has 146 valence electrons. The van der Waals surface area contributed by atoms with Crippen LogP contribution in [0.4, 0.5) is 11.4 Å². The van der Waals surface area contributed by atoms with Crippen LogP contribution < -0.4 is 15.0 Å². The fourth-order valence-electron chi connectivity index (χ4n) is 3.38. The van der Waals surface area contributed by atoms with Gasteiger partial charge in [-0.3, -0.25) is 4.79 Å². The third-order valence-electron chi connectivity index (χ3n) is 4.95. The van der Waals surface area contributed by atoms with Crippen molar-refractivity contribution < 1.29 is 9.53 Å². The summed E-state index contributed by atoms with van der Waals surface area (Å²) in [6.07, 6.45) is 3.83. The average Bonchev–Trinajstić information content (AvgIpc) is 3.08. The van der Waals surface area contributed by atoms with Crippen LogP contribution in [0.5, 0.6) is 5.75 Å². The fourth-order valence-corrected chi connectivity index (χ4v) is 3.38. The molecule has 0 aliphatic carbocycles. The smallest absolute Gasteiger partial charge is 0.262 e. The largest absolute Gasteiger partial charge is 0.480 e. The third kappa shape index (κ3) is 4.09. The summed E-state index contributed by atoms with van der Waals surface area (Å²) < 4.78 is 7.58. The molecule has 2 aromatic heterocycles. The number of pyridine rings is 1. The number of carbonyl (C=O) groups is 1. The summed E-state index contributed by atoms with van der Waals surface area (Å²) >= 11 is 0. The van der Waals surface area contributed by atoms with Gasteiger partial charge in [-0.15, -0.1) is 0 Å². The summed E-state index contributed by atoms with van der Waals surface area (Å²) in [4.78, 5) is 21.4. The quantitative estimate of drug-likeness (QED) is 0.738. The van der Waals surface area contributed by atoms with Crippen LogP contribution in [-0.4, -0.2) is 60.0 Å². The maximum atomic E-state index is 12.3. The van der Waals surface area contributed by atoms with Gasteiger partial charge in [0.05, 0.1) is 5.69 Å². The summed E-state index contributed by atoms with van der Waals surface area (Å²) in [5, 5.41) is 2.88. The van der Waals surface area contributed by atoms with Crippen LogP contribution in [0.1, 0.15) is 5.69 Å². The van der Waals surface area contributed by atoms with Crippen LogP contribution >= 0.6 is 0 Å². The van der Waals surface area contributed by atoms with E-state index in [1.165, 1.54) is 5.69 Å². The number of nitrogens with zero attached hydrogens (tertiary/aromatic N) is 4. The molecule has 1 saturated heterocycles. The van der Waals surface area contributed by atoms with Gasteiger partial charge in [-0.05, 0) is 50.4 Å². The molecule has 4 rings (SSSR count). The Morgan fingerprint density at radius 3 is 2.64 bits per heavy atom. The Kier molecular flexibility index (Phi) is 5.16. The number of benzene rings is 1. The first kappa shape index (κ1) is 18.3. The number of aryl methyl sites for hydroxylation is 1. The average molecular weight is 379 g/mol. The standard InChI is InChI=1S/C21H25N5O2/c1-16-14-26-9-3-4-19(21(26)22-16)28-15-20(27)23-17-5-7-18(8-6-17)25-12-10-24(2)11-13-25/h3-9,14H,10-13,15H2,1-2H3,(H,23,27). The van der Waals surface area contributed by atoms with Crippen molar-refractivity contribution in [2.24, 2.45) is 0 Å². The Morgan fingerprint density at radius 1 is 1.14 bits per heavy atom. The molecule has 1 fully saturated rings. The van der Waals surface area contributed by atoms with E-state index in [1.807, 2.05) is 48.0 Å². The number of imidazole rings is 1. The van der Waals surface area contributed by atoms with E-state index < -0.39 is 0 Å². The Bertz CT molecular complexity index is 959. The maximum absolute atomic E-state index is 12.3. The van der Waals surface area contributed by atoms with Gasteiger partial charge in [0.25, 0.3) is 5.91 Å². The van der Waals surface area contributed by atoms with Gasteiger partial charge in [-0.1, -0.05) is 0 Å². The van der Waals surface area contributed by atoms with Crippen molar-refractivity contribution in [1.29, 1.82) is 0 Å². The topological polar surface area (TPSA) is 62.1 Å². The molecule has 7 nitrogen and oxygen atoms in total. The van der Waals surface area contributed by atoms with Gasteiger partial charge in [0.2, 0.25) is 0 Å². The van der Waals surface area contributed by atoms with Crippen LogP contribution in [0, 0.1) is 6.92 Å². The Morgan fingerprint density at radius 2 is 1.89 bits per heavy atom. The highest BCUT2D eigenvalue weighted by atomic mass is 16.5. The summed E-state index contributed by atoms with van der Waals surface area (Å²) in [6, 6.07) is 11.7. The number of rotatable bonds is 5. The van der Waals surface area contributed by atoms with Gasteiger partial charge < -0.3 is 24.3 Å². The van der Waals surface area contributed by atoms with Crippen LogP contribution in [0.3, 0.4) is 0 Å². The van der Waals surface area contributed by atoms with Gasteiger partial charge in [0.1, 0.15) is 0 Å². The van der Waals surface area contributed by atoms with Gasteiger partial charge in [0.15, 0.2) is 18.0 Å². The number of ether oxygens (including phenoxy) is 1. The molecule has 0 radical (unpaired) electrons. The lowest BCUT2D eigenvalue weighted by atomic mass is 10.2. The molecular weight excluding hydrogens is 354 g/mol. The number of hydrogen-bond donors (Lipinski definition) is 1. The number of likely N-dealkylation sites (N-methyl/N-ethyl adjacent to an activating group) is 1. The van der Waals surface area contributed by atoms with Crippen molar-refractivity contribution >= 4 is 22.9 Å². The zero-order valence-electron chi connectivity index (χ0n) is 16.3. The fraction of sp³-hybridized carbons (Fsp3) is 0.333. The first-order chi connectivity index (χ1) is 13.6. The lowest BCUT2D eigenvalue weighted by Crippen LogP contribution is -2.44. The van der Waals surface area contributed by atoms with Crippen LogP contribution in [0.15, 0.2) is 48.8 Å². The molecule has 1 N–H and O–H groups in total. The number of carbonyl (C=O) groups excluding carboxylic acids is 1. The minimum Gasteiger partial charge on any atom is -0.480 e. The predicted molar refractivity (Wildman–Crippen MR) is 110 cm³/mol. The zero-order valence-corrected chi connectivity index (χ0v) is 16.3. The molecule has 0 saturated carbocycles. The maximum Gasteiger partial charge on any atom is 0.262 e. The van der Waals surface area contributed by atoms with E-state index in [-0.39, 0.29) is 12.5 Å². The van der Waals surface area contributed by atoms with Crippen molar-refractivity contribution in [3.05, 3.63) is 54.5 Å². The molecular formula is C21H25N5O2. The monoisotopic (exact) mass is 379 g/mol. The molecule has 0 spiro atoms. The second-order valence-corrected chi connectivity index (χ2v) is 7.16. The van der Waals surface area contributed by atoms with Crippen molar-refractivity contribution in [1.82, 2.24) is 14.3 Å². The lowest BCUT2D eigenvalue weighted by molar-refractivity contribution is -0.118. The highest BCUT2D eigenvalue weighted by Crippen LogP contribution is 2.20. The number of nitrogens with one attached hydrogen (secondary N) is 1.